The van der Waals surface area contributed by atoms with Gasteiger partial charge in [-0.3, -0.25) is 9.13 Å². The SMILES string of the molecule is c1ccc(-c2nc(-c3ccccc3-n3c4ccccc4c4c5cccc6c5n(c43)-c3ccccc3S6)nc(-c3cc4ccccc4c4ccccc34)n2)cc1. The van der Waals surface area contributed by atoms with E-state index < -0.39 is 0 Å². The smallest absolute Gasteiger partial charge is 0.166 e. The average molecular weight is 720 g/mol. The van der Waals surface area contributed by atoms with Gasteiger partial charge in [0.15, 0.2) is 17.5 Å². The van der Waals surface area contributed by atoms with Crippen LogP contribution in [0.2, 0.25) is 0 Å². The predicted molar refractivity (Wildman–Crippen MR) is 226 cm³/mol. The summed E-state index contributed by atoms with van der Waals surface area (Å²) in [5, 5.41) is 8.33. The lowest BCUT2D eigenvalue weighted by atomic mass is 9.97. The van der Waals surface area contributed by atoms with Crippen LogP contribution in [0, 0.1) is 0 Å². The Morgan fingerprint density at radius 1 is 0.400 bits per heavy atom. The molecule has 0 bridgehead atoms. The zero-order valence-electron chi connectivity index (χ0n) is 29.4. The molecular weight excluding hydrogens is 691 g/mol. The van der Waals surface area contributed by atoms with Crippen LogP contribution in [0.25, 0.3) is 99.9 Å². The Balaban J connectivity index is 1.19. The fourth-order valence-electron chi connectivity index (χ4n) is 8.60. The molecule has 6 heteroatoms. The molecule has 0 saturated heterocycles. The van der Waals surface area contributed by atoms with E-state index in [4.69, 9.17) is 15.0 Å². The number of benzene rings is 8. The number of hydrogen-bond acceptors (Lipinski definition) is 4. The van der Waals surface area contributed by atoms with Crippen LogP contribution in [0.15, 0.2) is 186 Å². The molecule has 0 saturated carbocycles. The van der Waals surface area contributed by atoms with Crippen LogP contribution in [0.5, 0.6) is 0 Å². The Morgan fingerprint density at radius 2 is 1.02 bits per heavy atom. The second kappa shape index (κ2) is 11.7. The van der Waals surface area contributed by atoms with Crippen molar-refractivity contribution in [2.24, 2.45) is 0 Å². The molecule has 0 N–H and O–H groups in total. The summed E-state index contributed by atoms with van der Waals surface area (Å²) in [6, 6.07) is 62.3. The predicted octanol–water partition coefficient (Wildman–Crippen LogP) is 12.7. The molecule has 11 aromatic rings. The standard InChI is InChI=1S/C49H29N5S/c1-2-15-30(16-3-1)46-50-47(52-48(51-46)38-29-31-17-4-5-18-32(31)33-19-6-7-20-34(33)38)36-22-9-11-25-40(36)53-39-24-10-8-21-35(39)44-37-23-14-28-43-45(37)54(49(44)53)41-26-12-13-27-42(41)55-43/h1-29H. The first kappa shape index (κ1) is 30.4. The molecule has 0 radical (unpaired) electrons. The van der Waals surface area contributed by atoms with Crippen molar-refractivity contribution >= 4 is 66.1 Å². The van der Waals surface area contributed by atoms with Gasteiger partial charge in [-0.2, -0.15) is 0 Å². The van der Waals surface area contributed by atoms with Crippen molar-refractivity contribution in [1.82, 2.24) is 24.1 Å². The summed E-state index contributed by atoms with van der Waals surface area (Å²) in [6.07, 6.45) is 0. The lowest BCUT2D eigenvalue weighted by molar-refractivity contribution is 1.02. The summed E-state index contributed by atoms with van der Waals surface area (Å²) in [5.41, 5.74) is 8.53. The van der Waals surface area contributed by atoms with Gasteiger partial charge in [-0.15, -0.1) is 0 Å². The molecule has 0 atom stereocenters. The highest BCUT2D eigenvalue weighted by molar-refractivity contribution is 7.99. The van der Waals surface area contributed by atoms with E-state index in [9.17, 15) is 0 Å². The molecule has 55 heavy (non-hydrogen) atoms. The van der Waals surface area contributed by atoms with E-state index >= 15 is 0 Å². The average Bonchev–Trinajstić information content (AvgIpc) is 3.78. The van der Waals surface area contributed by atoms with Gasteiger partial charge in [-0.05, 0) is 64.0 Å². The summed E-state index contributed by atoms with van der Waals surface area (Å²) in [5.74, 6) is 1.89. The van der Waals surface area contributed by atoms with Gasteiger partial charge in [-0.25, -0.2) is 15.0 Å². The zero-order valence-corrected chi connectivity index (χ0v) is 30.2. The van der Waals surface area contributed by atoms with E-state index in [1.165, 1.54) is 47.9 Å². The zero-order chi connectivity index (χ0) is 36.0. The summed E-state index contributed by atoms with van der Waals surface area (Å²) in [7, 11) is 0. The molecule has 4 heterocycles. The highest BCUT2D eigenvalue weighted by Gasteiger charge is 2.29. The second-order valence-corrected chi connectivity index (χ2v) is 15.1. The molecule has 0 unspecified atom stereocenters. The van der Waals surface area contributed by atoms with Crippen LogP contribution < -0.4 is 0 Å². The van der Waals surface area contributed by atoms with E-state index in [0.29, 0.717) is 17.5 Å². The third kappa shape index (κ3) is 4.46. The first-order chi connectivity index (χ1) is 27.3. The van der Waals surface area contributed by atoms with Crippen LogP contribution in [-0.4, -0.2) is 24.1 Å². The Hall–Kier alpha value is -7.02. The van der Waals surface area contributed by atoms with Gasteiger partial charge in [0, 0.05) is 42.6 Å². The molecule has 3 aromatic heterocycles. The van der Waals surface area contributed by atoms with Gasteiger partial charge < -0.3 is 0 Å². The van der Waals surface area contributed by atoms with Crippen molar-refractivity contribution in [2.75, 3.05) is 0 Å². The van der Waals surface area contributed by atoms with Crippen LogP contribution >= 0.6 is 11.8 Å². The molecule has 0 amide bonds. The van der Waals surface area contributed by atoms with Crippen molar-refractivity contribution in [2.45, 2.75) is 9.79 Å². The number of para-hydroxylation sites is 4. The molecule has 0 spiro atoms. The van der Waals surface area contributed by atoms with Crippen molar-refractivity contribution < 1.29 is 0 Å². The maximum Gasteiger partial charge on any atom is 0.166 e. The number of fused-ring (bicyclic) bond motifs is 10. The van der Waals surface area contributed by atoms with Crippen molar-refractivity contribution in [3.05, 3.63) is 176 Å². The molecular formula is C49H29N5S. The van der Waals surface area contributed by atoms with E-state index in [2.05, 4.69) is 167 Å². The summed E-state index contributed by atoms with van der Waals surface area (Å²) >= 11 is 1.84. The fourth-order valence-corrected chi connectivity index (χ4v) is 9.69. The maximum absolute atomic E-state index is 5.39. The molecule has 256 valence electrons. The van der Waals surface area contributed by atoms with Gasteiger partial charge in [0.25, 0.3) is 0 Å². The van der Waals surface area contributed by atoms with Gasteiger partial charge in [0.2, 0.25) is 0 Å². The van der Waals surface area contributed by atoms with Gasteiger partial charge in [-0.1, -0.05) is 145 Å². The largest absolute Gasteiger partial charge is 0.294 e. The maximum atomic E-state index is 5.39. The first-order valence-corrected chi connectivity index (χ1v) is 19.3. The number of aromatic nitrogens is 5. The highest BCUT2D eigenvalue weighted by atomic mass is 32.2. The second-order valence-electron chi connectivity index (χ2n) is 14.0. The lowest BCUT2D eigenvalue weighted by Crippen LogP contribution is -2.07. The van der Waals surface area contributed by atoms with Crippen LogP contribution in [-0.2, 0) is 0 Å². The van der Waals surface area contributed by atoms with Crippen LogP contribution in [0.1, 0.15) is 0 Å². The lowest BCUT2D eigenvalue weighted by Gasteiger charge is -2.21. The molecule has 12 rings (SSSR count). The van der Waals surface area contributed by atoms with Crippen molar-refractivity contribution in [1.29, 1.82) is 0 Å². The Morgan fingerprint density at radius 3 is 1.89 bits per heavy atom. The van der Waals surface area contributed by atoms with E-state index in [-0.39, 0.29) is 0 Å². The van der Waals surface area contributed by atoms with Gasteiger partial charge in [0.05, 0.1) is 22.4 Å². The topological polar surface area (TPSA) is 48.5 Å². The van der Waals surface area contributed by atoms with Gasteiger partial charge in [0.1, 0.15) is 5.65 Å². The molecule has 0 fully saturated rings. The van der Waals surface area contributed by atoms with Crippen molar-refractivity contribution in [3.8, 4) is 45.5 Å². The first-order valence-electron chi connectivity index (χ1n) is 18.5. The van der Waals surface area contributed by atoms with Crippen molar-refractivity contribution in [3.63, 3.8) is 0 Å². The number of nitrogens with zero attached hydrogens (tertiary/aromatic N) is 5. The summed E-state index contributed by atoms with van der Waals surface area (Å²) in [6.45, 7) is 0. The minimum Gasteiger partial charge on any atom is -0.294 e. The van der Waals surface area contributed by atoms with Crippen LogP contribution in [0.4, 0.5) is 0 Å². The summed E-state index contributed by atoms with van der Waals surface area (Å²) in [4.78, 5) is 18.4. The number of hydrogen-bond donors (Lipinski definition) is 0. The minimum atomic E-state index is 0.619. The normalized spacial score (nSPS) is 12.3. The highest BCUT2D eigenvalue weighted by Crippen LogP contribution is 2.50. The molecule has 5 nitrogen and oxygen atoms in total. The van der Waals surface area contributed by atoms with Crippen LogP contribution in [0.3, 0.4) is 0 Å². The van der Waals surface area contributed by atoms with E-state index in [0.717, 1.165) is 44.3 Å². The third-order valence-corrected chi connectivity index (χ3v) is 12.1. The van der Waals surface area contributed by atoms with E-state index in [1.54, 1.807) is 0 Å². The molecule has 0 aliphatic carbocycles. The number of rotatable bonds is 4. The molecule has 1 aliphatic heterocycles. The monoisotopic (exact) mass is 719 g/mol. The van der Waals surface area contributed by atoms with Gasteiger partial charge >= 0.3 is 0 Å². The Labute approximate surface area is 320 Å². The third-order valence-electron chi connectivity index (χ3n) is 10.9. The quantitative estimate of drug-likeness (QED) is 0.170. The molecule has 8 aromatic carbocycles. The minimum absolute atomic E-state index is 0.619. The Bertz CT molecular complexity index is 3360. The Kier molecular flexibility index (Phi) is 6.50. The van der Waals surface area contributed by atoms with E-state index in [1.807, 2.05) is 30.0 Å². The summed E-state index contributed by atoms with van der Waals surface area (Å²) < 4.78 is 4.89. The molecule has 1 aliphatic rings. The fraction of sp³-hybridized carbons (Fsp3) is 0.